The van der Waals surface area contributed by atoms with Gasteiger partial charge >= 0.3 is 0 Å². The molecule has 75 heavy (non-hydrogen) atoms. The summed E-state index contributed by atoms with van der Waals surface area (Å²) in [6.07, 6.45) is 3.45. The van der Waals surface area contributed by atoms with Crippen LogP contribution in [0.3, 0.4) is 0 Å². The van der Waals surface area contributed by atoms with Gasteiger partial charge in [0, 0.05) is 56.5 Å². The Balaban J connectivity index is 1.18. The van der Waals surface area contributed by atoms with E-state index in [1.807, 2.05) is 0 Å². The highest BCUT2D eigenvalue weighted by Gasteiger charge is 2.50. The van der Waals surface area contributed by atoms with Crippen molar-refractivity contribution in [3.63, 3.8) is 0 Å². The molecule has 4 heteroatoms. The maximum absolute atomic E-state index is 2.76. The van der Waals surface area contributed by atoms with Crippen LogP contribution in [0.25, 0.3) is 11.1 Å². The zero-order valence-electron chi connectivity index (χ0n) is 47.1. The number of aryl methyl sites for hydroxylation is 1. The van der Waals surface area contributed by atoms with Crippen LogP contribution in [0.1, 0.15) is 154 Å². The molecule has 0 unspecified atom stereocenters. The van der Waals surface area contributed by atoms with Crippen LogP contribution < -0.4 is 31.1 Å². The van der Waals surface area contributed by atoms with E-state index in [1.165, 1.54) is 106 Å². The number of rotatable bonds is 5. The number of benzene rings is 8. The Kier molecular flexibility index (Phi) is 10.1. The third kappa shape index (κ3) is 6.99. The van der Waals surface area contributed by atoms with Crippen LogP contribution in [0.2, 0.25) is 0 Å². The predicted molar refractivity (Wildman–Crippen MR) is 322 cm³/mol. The molecule has 3 nitrogen and oxygen atoms in total. The predicted octanol–water partition coefficient (Wildman–Crippen LogP) is 17.5. The first-order valence-electron chi connectivity index (χ1n) is 27.9. The number of fused-ring (bicyclic) bond motifs is 9. The van der Waals surface area contributed by atoms with Crippen LogP contribution in [0.4, 0.5) is 51.2 Å². The molecule has 13 rings (SSSR count). The second-order valence-electron chi connectivity index (χ2n) is 27.3. The first-order valence-corrected chi connectivity index (χ1v) is 27.9. The van der Waals surface area contributed by atoms with E-state index < -0.39 is 0 Å². The molecule has 0 saturated heterocycles. The van der Waals surface area contributed by atoms with Gasteiger partial charge in [-0.1, -0.05) is 181 Å². The summed E-state index contributed by atoms with van der Waals surface area (Å²) in [5.74, 6) is 0. The van der Waals surface area contributed by atoms with Crippen molar-refractivity contribution in [3.8, 4) is 11.1 Å². The fourth-order valence-electron chi connectivity index (χ4n) is 15.0. The van der Waals surface area contributed by atoms with E-state index in [2.05, 4.69) is 269 Å². The highest BCUT2D eigenvalue weighted by Crippen LogP contribution is 2.58. The monoisotopic (exact) mass is 980 g/mol. The number of hydrogen-bond acceptors (Lipinski definition) is 3. The SMILES string of the molecule is Cc1cc2c(cc1N1c3cc4c(cc3B3c5ccc(N(c6ccccc6)c6ccccc6)cc5N(c5cccc6c5-c5ccccc5C6(C)C)c5cc(C(C)(C)C)cc1c53)C(C)(C)CCC4(C)C)C(C)(C)CC2(C)C. The lowest BCUT2D eigenvalue weighted by Crippen LogP contribution is -2.62. The molecule has 8 aromatic rings. The van der Waals surface area contributed by atoms with Gasteiger partial charge in [-0.2, -0.15) is 0 Å². The molecule has 0 saturated carbocycles. The van der Waals surface area contributed by atoms with Crippen molar-refractivity contribution in [2.45, 2.75) is 149 Å². The summed E-state index contributed by atoms with van der Waals surface area (Å²) in [6, 6.07) is 61.4. The maximum Gasteiger partial charge on any atom is 0.252 e. The van der Waals surface area contributed by atoms with Gasteiger partial charge in [0.1, 0.15) is 0 Å². The number of hydrogen-bond donors (Lipinski definition) is 0. The van der Waals surface area contributed by atoms with E-state index in [1.54, 1.807) is 0 Å². The Morgan fingerprint density at radius 3 is 1.57 bits per heavy atom. The van der Waals surface area contributed by atoms with E-state index in [-0.39, 0.29) is 39.2 Å². The maximum atomic E-state index is 2.76. The molecule has 376 valence electrons. The molecule has 0 amide bonds. The zero-order valence-corrected chi connectivity index (χ0v) is 47.1. The molecular weight excluding hydrogens is 906 g/mol. The van der Waals surface area contributed by atoms with Gasteiger partial charge in [0.2, 0.25) is 0 Å². The molecule has 8 aromatic carbocycles. The zero-order chi connectivity index (χ0) is 52.5. The van der Waals surface area contributed by atoms with Crippen molar-refractivity contribution in [1.82, 2.24) is 0 Å². The van der Waals surface area contributed by atoms with Gasteiger partial charge in [-0.15, -0.1) is 0 Å². The molecule has 3 aliphatic carbocycles. The molecular formula is C71H74BN3. The molecule has 5 aliphatic rings. The lowest BCUT2D eigenvalue weighted by atomic mass is 9.33. The van der Waals surface area contributed by atoms with Crippen LogP contribution in [0.15, 0.2) is 158 Å². The standard InChI is InChI=1S/C71H74BN3/c1-44-36-52-55(70(11,12)43-69(52,9)10)41-59(44)75-61-42-54-53(67(5,6)34-35-68(54,7)8)40-57(61)72-56-33-32-48(73(46-24-17-15-18-25-46)47-26-19-16-20-27-47)39-60(56)74(62-37-45(66(2,3)4)38-63(75)65(62)72)58-31-23-30-51-64(58)49-28-21-22-29-50(49)71(51,13)14/h15-33,36-42H,34-35,43H2,1-14H3. The van der Waals surface area contributed by atoms with Crippen molar-refractivity contribution >= 4 is 74.3 Å². The minimum Gasteiger partial charge on any atom is -0.311 e. The topological polar surface area (TPSA) is 9.72 Å². The van der Waals surface area contributed by atoms with Gasteiger partial charge in [-0.25, -0.2) is 0 Å². The third-order valence-electron chi connectivity index (χ3n) is 18.9. The number of para-hydroxylation sites is 2. The fourth-order valence-corrected chi connectivity index (χ4v) is 15.0. The van der Waals surface area contributed by atoms with Crippen LogP contribution in [-0.2, 0) is 32.5 Å². The normalized spacial score (nSPS) is 18.3. The summed E-state index contributed by atoms with van der Waals surface area (Å²) < 4.78 is 0. The summed E-state index contributed by atoms with van der Waals surface area (Å²) in [6.45, 7) is 34.2. The molecule has 0 N–H and O–H groups in total. The van der Waals surface area contributed by atoms with Crippen LogP contribution in [0.5, 0.6) is 0 Å². The van der Waals surface area contributed by atoms with Crippen molar-refractivity contribution in [1.29, 1.82) is 0 Å². The van der Waals surface area contributed by atoms with E-state index in [9.17, 15) is 0 Å². The molecule has 0 bridgehead atoms. The van der Waals surface area contributed by atoms with Gasteiger partial charge in [-0.05, 0) is 186 Å². The van der Waals surface area contributed by atoms with Crippen molar-refractivity contribution in [3.05, 3.63) is 202 Å². The third-order valence-corrected chi connectivity index (χ3v) is 18.9. The first kappa shape index (κ1) is 47.9. The largest absolute Gasteiger partial charge is 0.311 e. The van der Waals surface area contributed by atoms with Crippen LogP contribution in [-0.4, -0.2) is 6.71 Å². The Bertz CT molecular complexity index is 3640. The van der Waals surface area contributed by atoms with E-state index in [0.29, 0.717) is 0 Å². The van der Waals surface area contributed by atoms with Gasteiger partial charge in [0.25, 0.3) is 6.71 Å². The van der Waals surface area contributed by atoms with E-state index in [4.69, 9.17) is 0 Å². The first-order chi connectivity index (χ1) is 35.5. The van der Waals surface area contributed by atoms with Crippen molar-refractivity contribution < 1.29 is 0 Å². The summed E-state index contributed by atoms with van der Waals surface area (Å²) >= 11 is 0. The number of anilines is 9. The second-order valence-corrected chi connectivity index (χ2v) is 27.3. The lowest BCUT2D eigenvalue weighted by molar-refractivity contribution is 0.332. The summed E-state index contributed by atoms with van der Waals surface area (Å²) in [7, 11) is 0. The van der Waals surface area contributed by atoms with E-state index in [0.717, 1.165) is 36.3 Å². The summed E-state index contributed by atoms with van der Waals surface area (Å²) in [5, 5.41) is 0. The number of nitrogens with zero attached hydrogens (tertiary/aromatic N) is 3. The minimum absolute atomic E-state index is 0.0209. The average Bonchev–Trinajstić information content (AvgIpc) is 3.75. The lowest BCUT2D eigenvalue weighted by Gasteiger charge is -2.48. The molecule has 2 heterocycles. The quantitative estimate of drug-likeness (QED) is 0.159. The Labute approximate surface area is 448 Å². The van der Waals surface area contributed by atoms with Crippen LogP contribution >= 0.6 is 0 Å². The molecule has 0 radical (unpaired) electrons. The Morgan fingerprint density at radius 1 is 0.427 bits per heavy atom. The molecule has 0 atom stereocenters. The smallest absolute Gasteiger partial charge is 0.252 e. The highest BCUT2D eigenvalue weighted by atomic mass is 15.2. The molecule has 0 aromatic heterocycles. The van der Waals surface area contributed by atoms with Crippen molar-refractivity contribution in [2.24, 2.45) is 0 Å². The van der Waals surface area contributed by atoms with Gasteiger partial charge in [-0.3, -0.25) is 0 Å². The Hall–Kier alpha value is -6.78. The minimum atomic E-state index is -0.169. The fraction of sp³-hybridized carbons (Fsp3) is 0.324. The van der Waals surface area contributed by atoms with E-state index >= 15 is 0 Å². The molecule has 0 spiro atoms. The Morgan fingerprint density at radius 2 is 0.947 bits per heavy atom. The summed E-state index contributed by atoms with van der Waals surface area (Å²) in [5.41, 5.74) is 29.0. The summed E-state index contributed by atoms with van der Waals surface area (Å²) in [4.78, 5) is 7.91. The highest BCUT2D eigenvalue weighted by molar-refractivity contribution is 7.00. The second kappa shape index (κ2) is 15.9. The molecule has 2 aliphatic heterocycles. The van der Waals surface area contributed by atoms with Crippen molar-refractivity contribution in [2.75, 3.05) is 14.7 Å². The van der Waals surface area contributed by atoms with Gasteiger partial charge < -0.3 is 14.7 Å². The van der Waals surface area contributed by atoms with Gasteiger partial charge in [0.05, 0.1) is 5.69 Å². The van der Waals surface area contributed by atoms with Crippen LogP contribution in [0, 0.1) is 6.92 Å². The average molecular weight is 980 g/mol. The van der Waals surface area contributed by atoms with Gasteiger partial charge in [0.15, 0.2) is 0 Å². The molecule has 0 fully saturated rings.